The fourth-order valence-electron chi connectivity index (χ4n) is 2.11. The summed E-state index contributed by atoms with van der Waals surface area (Å²) in [6.07, 6.45) is 0.878. The number of carbonyl (C=O) groups is 1. The van der Waals surface area contributed by atoms with Gasteiger partial charge in [-0.3, -0.25) is 9.36 Å². The molecular formula is C15H14F2N2O4. The van der Waals surface area contributed by atoms with Gasteiger partial charge in [-0.05, 0) is 19.9 Å². The Morgan fingerprint density at radius 3 is 2.39 bits per heavy atom. The fraction of sp³-hybridized carbons (Fsp3) is 0.267. The molecule has 0 amide bonds. The van der Waals surface area contributed by atoms with Crippen molar-refractivity contribution < 1.29 is 18.4 Å². The van der Waals surface area contributed by atoms with E-state index in [4.69, 9.17) is 4.84 Å². The Bertz CT molecular complexity index is 884. The topological polar surface area (TPSA) is 70.3 Å². The number of carbonyl (C=O) groups excluding carboxylic acids is 1. The van der Waals surface area contributed by atoms with Crippen LogP contribution in [0.25, 0.3) is 11.1 Å². The largest absolute Gasteiger partial charge is 0.364 e. The van der Waals surface area contributed by atoms with Gasteiger partial charge < -0.3 is 4.84 Å². The van der Waals surface area contributed by atoms with Gasteiger partial charge in [-0.2, -0.15) is 0 Å². The van der Waals surface area contributed by atoms with Gasteiger partial charge in [-0.1, -0.05) is 12.1 Å². The van der Waals surface area contributed by atoms with Gasteiger partial charge in [0, 0.05) is 18.5 Å². The third kappa shape index (κ3) is 3.05. The fourth-order valence-corrected chi connectivity index (χ4v) is 2.11. The number of hydrogen-bond donors (Lipinski definition) is 0. The van der Waals surface area contributed by atoms with Crippen LogP contribution in [-0.2, 0) is 4.79 Å². The lowest BCUT2D eigenvalue weighted by Crippen LogP contribution is -2.44. The van der Waals surface area contributed by atoms with Crippen LogP contribution >= 0.6 is 0 Å². The van der Waals surface area contributed by atoms with E-state index < -0.39 is 34.9 Å². The van der Waals surface area contributed by atoms with Crippen LogP contribution in [0.4, 0.5) is 8.78 Å². The maximum absolute atomic E-state index is 14.0. The van der Waals surface area contributed by atoms with E-state index >= 15 is 0 Å². The summed E-state index contributed by atoms with van der Waals surface area (Å²) in [5.74, 6) is -3.16. The van der Waals surface area contributed by atoms with Crippen LogP contribution in [-0.4, -0.2) is 15.3 Å². The van der Waals surface area contributed by atoms with Crippen molar-refractivity contribution in [3.8, 4) is 11.1 Å². The van der Waals surface area contributed by atoms with E-state index in [1.54, 1.807) is 13.8 Å². The van der Waals surface area contributed by atoms with Crippen LogP contribution in [0.3, 0.4) is 0 Å². The molecule has 0 aliphatic heterocycles. The average molecular weight is 324 g/mol. The van der Waals surface area contributed by atoms with Gasteiger partial charge in [0.15, 0.2) is 11.6 Å². The maximum Gasteiger partial charge on any atom is 0.364 e. The van der Waals surface area contributed by atoms with E-state index in [2.05, 4.69) is 0 Å². The summed E-state index contributed by atoms with van der Waals surface area (Å²) in [4.78, 5) is 40.4. The zero-order valence-corrected chi connectivity index (χ0v) is 12.7. The van der Waals surface area contributed by atoms with E-state index in [1.165, 1.54) is 12.1 Å². The van der Waals surface area contributed by atoms with Gasteiger partial charge in [0.2, 0.25) is 0 Å². The smallest absolute Gasteiger partial charge is 0.333 e. The number of nitrogens with zero attached hydrogens (tertiary/aromatic N) is 2. The molecule has 23 heavy (non-hydrogen) atoms. The molecule has 0 bridgehead atoms. The van der Waals surface area contributed by atoms with Crippen molar-refractivity contribution in [2.75, 3.05) is 0 Å². The van der Waals surface area contributed by atoms with Crippen LogP contribution in [0.15, 0.2) is 34.0 Å². The molecule has 0 spiro atoms. The van der Waals surface area contributed by atoms with Crippen LogP contribution < -0.4 is 16.1 Å². The summed E-state index contributed by atoms with van der Waals surface area (Å²) in [5.41, 5.74) is -2.32. The molecule has 0 radical (unpaired) electrons. The quantitative estimate of drug-likeness (QED) is 0.858. The van der Waals surface area contributed by atoms with Crippen LogP contribution in [0.2, 0.25) is 0 Å². The molecule has 2 aromatic rings. The molecule has 2 rings (SSSR count). The van der Waals surface area contributed by atoms with Crippen LogP contribution in [0, 0.1) is 11.6 Å². The number of rotatable bonds is 3. The lowest BCUT2D eigenvalue weighted by atomic mass is 10.1. The SMILES string of the molecule is CC(=O)On1cc(-c2cccc(F)c2F)c(=O)n(C(C)C)c1=O. The summed E-state index contributed by atoms with van der Waals surface area (Å²) in [5, 5.41) is 0. The Morgan fingerprint density at radius 2 is 1.83 bits per heavy atom. The minimum Gasteiger partial charge on any atom is -0.333 e. The molecule has 8 heteroatoms. The lowest BCUT2D eigenvalue weighted by molar-refractivity contribution is -0.142. The third-order valence-corrected chi connectivity index (χ3v) is 3.08. The van der Waals surface area contributed by atoms with E-state index in [1.807, 2.05) is 0 Å². The molecule has 1 heterocycles. The highest BCUT2D eigenvalue weighted by molar-refractivity contribution is 5.66. The lowest BCUT2D eigenvalue weighted by Gasteiger charge is -2.14. The van der Waals surface area contributed by atoms with Gasteiger partial charge in [-0.15, -0.1) is 4.73 Å². The number of aromatic nitrogens is 2. The second-order valence-electron chi connectivity index (χ2n) is 5.10. The van der Waals surface area contributed by atoms with Gasteiger partial charge in [0.25, 0.3) is 5.56 Å². The molecule has 0 aliphatic rings. The average Bonchev–Trinajstić information content (AvgIpc) is 2.44. The van der Waals surface area contributed by atoms with E-state index in [9.17, 15) is 23.2 Å². The summed E-state index contributed by atoms with van der Waals surface area (Å²) < 4.78 is 28.7. The van der Waals surface area contributed by atoms with Crippen molar-refractivity contribution in [3.63, 3.8) is 0 Å². The van der Waals surface area contributed by atoms with Crippen molar-refractivity contribution >= 4 is 5.97 Å². The first kappa shape index (κ1) is 16.6. The van der Waals surface area contributed by atoms with Crippen molar-refractivity contribution in [1.29, 1.82) is 0 Å². The minimum atomic E-state index is -1.23. The highest BCUT2D eigenvalue weighted by Crippen LogP contribution is 2.21. The molecule has 0 fully saturated rings. The zero-order valence-electron chi connectivity index (χ0n) is 12.7. The van der Waals surface area contributed by atoms with Crippen molar-refractivity contribution in [1.82, 2.24) is 9.30 Å². The maximum atomic E-state index is 14.0. The van der Waals surface area contributed by atoms with E-state index in [0.717, 1.165) is 23.8 Å². The van der Waals surface area contributed by atoms with Gasteiger partial charge >= 0.3 is 11.7 Å². The standard InChI is InChI=1S/C15H14F2N2O4/c1-8(2)19-14(21)11(7-18(15(19)22)23-9(3)20)10-5-4-6-12(16)13(10)17/h4-8H,1-3H3. The number of halogens is 2. The molecular weight excluding hydrogens is 310 g/mol. The monoisotopic (exact) mass is 324 g/mol. The molecule has 0 aliphatic carbocycles. The van der Waals surface area contributed by atoms with Crippen molar-refractivity contribution in [2.45, 2.75) is 26.8 Å². The third-order valence-electron chi connectivity index (χ3n) is 3.08. The van der Waals surface area contributed by atoms with Crippen LogP contribution in [0.5, 0.6) is 0 Å². The van der Waals surface area contributed by atoms with Gasteiger partial charge in [-0.25, -0.2) is 18.4 Å². The molecule has 0 unspecified atom stereocenters. The molecule has 6 nitrogen and oxygen atoms in total. The highest BCUT2D eigenvalue weighted by atomic mass is 19.2. The Kier molecular flexibility index (Phi) is 4.44. The second-order valence-corrected chi connectivity index (χ2v) is 5.10. The van der Waals surface area contributed by atoms with Gasteiger partial charge in [0.05, 0.1) is 11.8 Å². The molecule has 0 saturated carbocycles. The first-order chi connectivity index (χ1) is 10.7. The second kappa shape index (κ2) is 6.15. The molecule has 1 aromatic heterocycles. The first-order valence-corrected chi connectivity index (χ1v) is 6.75. The first-order valence-electron chi connectivity index (χ1n) is 6.75. The van der Waals surface area contributed by atoms with Crippen molar-refractivity contribution in [2.24, 2.45) is 0 Å². The minimum absolute atomic E-state index is 0.295. The highest BCUT2D eigenvalue weighted by Gasteiger charge is 2.20. The Hall–Kier alpha value is -2.77. The van der Waals surface area contributed by atoms with E-state index in [-0.39, 0.29) is 11.1 Å². The molecule has 0 N–H and O–H groups in total. The Balaban J connectivity index is 2.86. The normalized spacial score (nSPS) is 10.9. The molecule has 0 atom stereocenters. The van der Waals surface area contributed by atoms with Crippen molar-refractivity contribution in [3.05, 3.63) is 56.9 Å². The van der Waals surface area contributed by atoms with E-state index in [0.29, 0.717) is 4.73 Å². The molecule has 0 saturated heterocycles. The summed E-state index contributed by atoms with van der Waals surface area (Å²) in [6.45, 7) is 4.19. The predicted molar refractivity (Wildman–Crippen MR) is 78.0 cm³/mol. The predicted octanol–water partition coefficient (Wildman–Crippen LogP) is 1.51. The summed E-state index contributed by atoms with van der Waals surface area (Å²) in [7, 11) is 0. The molecule has 122 valence electrons. The molecule has 1 aromatic carbocycles. The number of benzene rings is 1. The zero-order chi connectivity index (χ0) is 17.3. The summed E-state index contributed by atoms with van der Waals surface area (Å²) >= 11 is 0. The number of hydrogen-bond acceptors (Lipinski definition) is 4. The van der Waals surface area contributed by atoms with Gasteiger partial charge in [0.1, 0.15) is 0 Å². The Labute approximate surface area is 129 Å². The van der Waals surface area contributed by atoms with Crippen LogP contribution in [0.1, 0.15) is 26.8 Å². The summed E-state index contributed by atoms with van der Waals surface area (Å²) in [6, 6.07) is 2.76. The Morgan fingerprint density at radius 1 is 1.17 bits per heavy atom.